The van der Waals surface area contributed by atoms with Crippen LogP contribution in [0.3, 0.4) is 0 Å². The molecule has 0 bridgehead atoms. The maximum absolute atomic E-state index is 11.1. The van der Waals surface area contributed by atoms with Crippen LogP contribution in [0.15, 0.2) is 12.2 Å². The zero-order chi connectivity index (χ0) is 9.68. The minimum absolute atomic E-state index is 0.0489. The lowest BCUT2D eigenvalue weighted by Crippen LogP contribution is -2.34. The Hall–Kier alpha value is -0.870. The van der Waals surface area contributed by atoms with Crippen molar-refractivity contribution in [2.24, 2.45) is 0 Å². The molecule has 0 aromatic rings. The van der Waals surface area contributed by atoms with E-state index < -0.39 is 0 Å². The van der Waals surface area contributed by atoms with Gasteiger partial charge < -0.3 is 10.6 Å². The predicted octanol–water partition coefficient (Wildman–Crippen LogP) is -0.459. The number of carbonyl (C=O) groups excluding carboxylic acids is 1. The van der Waals surface area contributed by atoms with Gasteiger partial charge in [-0.1, -0.05) is 6.58 Å². The van der Waals surface area contributed by atoms with E-state index in [1.165, 1.54) is 0 Å². The SMILES string of the molecule is C=C(C)C(=O)NCCN1CCNC1. The molecule has 0 aromatic heterocycles. The molecule has 1 saturated heterocycles. The summed E-state index contributed by atoms with van der Waals surface area (Å²) in [6.07, 6.45) is 0. The Bertz CT molecular complexity index is 197. The van der Waals surface area contributed by atoms with Gasteiger partial charge in [0, 0.05) is 38.4 Å². The molecule has 2 N–H and O–H groups in total. The van der Waals surface area contributed by atoms with E-state index in [2.05, 4.69) is 22.1 Å². The maximum Gasteiger partial charge on any atom is 0.246 e. The van der Waals surface area contributed by atoms with E-state index >= 15 is 0 Å². The molecule has 0 atom stereocenters. The molecule has 0 saturated carbocycles. The van der Waals surface area contributed by atoms with Gasteiger partial charge in [0.1, 0.15) is 0 Å². The number of nitrogens with zero attached hydrogens (tertiary/aromatic N) is 1. The van der Waals surface area contributed by atoms with E-state index in [9.17, 15) is 4.79 Å². The third-order valence-corrected chi connectivity index (χ3v) is 2.04. The molecule has 1 heterocycles. The van der Waals surface area contributed by atoms with Gasteiger partial charge in [-0.3, -0.25) is 9.69 Å². The van der Waals surface area contributed by atoms with Crippen LogP contribution in [0.2, 0.25) is 0 Å². The van der Waals surface area contributed by atoms with Crippen LogP contribution in [0.1, 0.15) is 6.92 Å². The van der Waals surface area contributed by atoms with Crippen molar-refractivity contribution in [2.75, 3.05) is 32.8 Å². The van der Waals surface area contributed by atoms with Crippen LogP contribution in [0.5, 0.6) is 0 Å². The Morgan fingerprint density at radius 2 is 2.46 bits per heavy atom. The van der Waals surface area contributed by atoms with Gasteiger partial charge in [-0.25, -0.2) is 0 Å². The van der Waals surface area contributed by atoms with Crippen molar-refractivity contribution in [3.05, 3.63) is 12.2 Å². The number of amides is 1. The molecule has 13 heavy (non-hydrogen) atoms. The predicted molar refractivity (Wildman–Crippen MR) is 52.3 cm³/mol. The molecule has 1 amide bonds. The Morgan fingerprint density at radius 3 is 3.00 bits per heavy atom. The van der Waals surface area contributed by atoms with Crippen LogP contribution in [0, 0.1) is 0 Å². The Kier molecular flexibility index (Phi) is 3.92. The van der Waals surface area contributed by atoms with Gasteiger partial charge in [0.2, 0.25) is 5.91 Å². The number of hydrogen-bond donors (Lipinski definition) is 2. The molecular weight excluding hydrogens is 166 g/mol. The highest BCUT2D eigenvalue weighted by molar-refractivity contribution is 5.92. The van der Waals surface area contributed by atoms with Crippen molar-refractivity contribution < 1.29 is 4.79 Å². The normalized spacial score (nSPS) is 17.3. The summed E-state index contributed by atoms with van der Waals surface area (Å²) in [5.41, 5.74) is 0.569. The first-order valence-corrected chi connectivity index (χ1v) is 4.57. The first-order valence-electron chi connectivity index (χ1n) is 4.57. The van der Waals surface area contributed by atoms with Crippen LogP contribution in [-0.4, -0.2) is 43.7 Å². The van der Waals surface area contributed by atoms with Crippen molar-refractivity contribution in [1.29, 1.82) is 0 Å². The van der Waals surface area contributed by atoms with Crippen LogP contribution < -0.4 is 10.6 Å². The third-order valence-electron chi connectivity index (χ3n) is 2.04. The van der Waals surface area contributed by atoms with Gasteiger partial charge in [0.25, 0.3) is 0 Å². The number of rotatable bonds is 4. The van der Waals surface area contributed by atoms with Gasteiger partial charge >= 0.3 is 0 Å². The summed E-state index contributed by atoms with van der Waals surface area (Å²) in [6, 6.07) is 0. The highest BCUT2D eigenvalue weighted by Gasteiger charge is 2.09. The van der Waals surface area contributed by atoms with E-state index in [1.807, 2.05) is 0 Å². The fourth-order valence-corrected chi connectivity index (χ4v) is 1.22. The molecule has 4 heteroatoms. The second-order valence-electron chi connectivity index (χ2n) is 3.31. The van der Waals surface area contributed by atoms with Crippen molar-refractivity contribution in [1.82, 2.24) is 15.5 Å². The Balaban J connectivity index is 2.06. The monoisotopic (exact) mass is 183 g/mol. The smallest absolute Gasteiger partial charge is 0.246 e. The molecule has 1 rings (SSSR count). The first-order chi connectivity index (χ1) is 6.20. The lowest BCUT2D eigenvalue weighted by molar-refractivity contribution is -0.117. The zero-order valence-corrected chi connectivity index (χ0v) is 8.10. The summed E-state index contributed by atoms with van der Waals surface area (Å²) in [7, 11) is 0. The van der Waals surface area contributed by atoms with E-state index in [4.69, 9.17) is 0 Å². The molecular formula is C9H17N3O. The van der Waals surface area contributed by atoms with Crippen LogP contribution in [0.25, 0.3) is 0 Å². The topological polar surface area (TPSA) is 44.4 Å². The quantitative estimate of drug-likeness (QED) is 0.580. The summed E-state index contributed by atoms with van der Waals surface area (Å²) >= 11 is 0. The molecule has 0 spiro atoms. The fourth-order valence-electron chi connectivity index (χ4n) is 1.22. The zero-order valence-electron chi connectivity index (χ0n) is 8.10. The second-order valence-corrected chi connectivity index (χ2v) is 3.31. The molecule has 74 valence electrons. The highest BCUT2D eigenvalue weighted by Crippen LogP contribution is 1.90. The minimum atomic E-state index is -0.0489. The van der Waals surface area contributed by atoms with Crippen molar-refractivity contribution in [3.8, 4) is 0 Å². The van der Waals surface area contributed by atoms with E-state index in [0.29, 0.717) is 12.1 Å². The summed E-state index contributed by atoms with van der Waals surface area (Å²) in [5, 5.41) is 6.03. The summed E-state index contributed by atoms with van der Waals surface area (Å²) in [5.74, 6) is -0.0489. The lowest BCUT2D eigenvalue weighted by Gasteiger charge is -2.13. The molecule has 0 aliphatic carbocycles. The first kappa shape index (κ1) is 10.2. The van der Waals surface area contributed by atoms with Gasteiger partial charge in [-0.15, -0.1) is 0 Å². The van der Waals surface area contributed by atoms with Gasteiger partial charge in [0.05, 0.1) is 0 Å². The molecule has 0 unspecified atom stereocenters. The molecule has 0 aromatic carbocycles. The minimum Gasteiger partial charge on any atom is -0.351 e. The molecule has 1 fully saturated rings. The van der Waals surface area contributed by atoms with Gasteiger partial charge in [-0.2, -0.15) is 0 Å². The van der Waals surface area contributed by atoms with Crippen LogP contribution in [-0.2, 0) is 4.79 Å². The number of hydrogen-bond acceptors (Lipinski definition) is 3. The average Bonchev–Trinajstić information content (AvgIpc) is 2.56. The number of carbonyl (C=O) groups is 1. The highest BCUT2D eigenvalue weighted by atomic mass is 16.1. The number of nitrogens with one attached hydrogen (secondary N) is 2. The second kappa shape index (κ2) is 4.99. The molecule has 0 radical (unpaired) electrons. The maximum atomic E-state index is 11.1. The van der Waals surface area contributed by atoms with Gasteiger partial charge in [0.15, 0.2) is 0 Å². The largest absolute Gasteiger partial charge is 0.351 e. The molecule has 1 aliphatic rings. The standard InChI is InChI=1S/C9H17N3O/c1-8(2)9(13)11-4-6-12-5-3-10-7-12/h10H,1,3-7H2,2H3,(H,11,13). The van der Waals surface area contributed by atoms with Crippen LogP contribution in [0.4, 0.5) is 0 Å². The van der Waals surface area contributed by atoms with E-state index in [-0.39, 0.29) is 5.91 Å². The van der Waals surface area contributed by atoms with Gasteiger partial charge in [-0.05, 0) is 6.92 Å². The third kappa shape index (κ3) is 3.57. The molecule has 1 aliphatic heterocycles. The Labute approximate surface area is 79.0 Å². The Morgan fingerprint density at radius 1 is 1.69 bits per heavy atom. The van der Waals surface area contributed by atoms with E-state index in [0.717, 1.165) is 26.3 Å². The van der Waals surface area contributed by atoms with Crippen molar-refractivity contribution >= 4 is 5.91 Å². The summed E-state index contributed by atoms with van der Waals surface area (Å²) in [6.45, 7) is 9.95. The lowest BCUT2D eigenvalue weighted by atomic mass is 10.3. The molecule has 4 nitrogen and oxygen atoms in total. The summed E-state index contributed by atoms with van der Waals surface area (Å²) < 4.78 is 0. The van der Waals surface area contributed by atoms with E-state index in [1.54, 1.807) is 6.92 Å². The fraction of sp³-hybridized carbons (Fsp3) is 0.667. The van der Waals surface area contributed by atoms with Crippen LogP contribution >= 0.6 is 0 Å². The van der Waals surface area contributed by atoms with Crippen molar-refractivity contribution in [3.63, 3.8) is 0 Å². The average molecular weight is 183 g/mol. The summed E-state index contributed by atoms with van der Waals surface area (Å²) in [4.78, 5) is 13.3. The van der Waals surface area contributed by atoms with Crippen molar-refractivity contribution in [2.45, 2.75) is 6.92 Å².